The Bertz CT molecular complexity index is 435. The lowest BCUT2D eigenvalue weighted by Crippen LogP contribution is -2.33. The highest BCUT2D eigenvalue weighted by Gasteiger charge is 2.29. The van der Waals surface area contributed by atoms with Crippen molar-refractivity contribution in [1.29, 1.82) is 0 Å². The van der Waals surface area contributed by atoms with Crippen molar-refractivity contribution < 1.29 is 4.39 Å². The molecule has 2 rings (SSSR count). The normalized spacial score (nSPS) is 26.7. The van der Waals surface area contributed by atoms with Crippen LogP contribution in [0.4, 0.5) is 4.39 Å². The molecule has 0 heterocycles. The molecule has 0 spiro atoms. The topological polar surface area (TPSA) is 12.0 Å². The summed E-state index contributed by atoms with van der Waals surface area (Å²) in [6.07, 6.45) is 6.34. The molecule has 3 heteroatoms. The standard InChI is InChI=1S/C17H25BrFN/c1-3-12-4-5-14(11-20-2)15(8-12)9-13-6-7-16(19)10-17(13)18/h6-7,10,12,14-15,20H,3-5,8-9,11H2,1-2H3. The fourth-order valence-corrected chi connectivity index (χ4v) is 4.06. The van der Waals surface area contributed by atoms with Crippen LogP contribution in [-0.2, 0) is 6.42 Å². The molecule has 0 bridgehead atoms. The third-order valence-corrected chi connectivity index (χ3v) is 5.53. The van der Waals surface area contributed by atoms with Crippen LogP contribution in [0.25, 0.3) is 0 Å². The molecular formula is C17H25BrFN. The van der Waals surface area contributed by atoms with Gasteiger partial charge in [-0.25, -0.2) is 4.39 Å². The molecule has 1 aromatic rings. The number of hydrogen-bond acceptors (Lipinski definition) is 1. The second-order valence-electron chi connectivity index (χ2n) is 6.11. The molecule has 1 aliphatic carbocycles. The first-order chi connectivity index (χ1) is 9.63. The van der Waals surface area contributed by atoms with Crippen LogP contribution in [0.3, 0.4) is 0 Å². The first kappa shape index (κ1) is 16.0. The molecule has 3 atom stereocenters. The molecule has 0 saturated heterocycles. The Balaban J connectivity index is 2.09. The predicted octanol–water partition coefficient (Wildman–Crippen LogP) is 4.79. The zero-order chi connectivity index (χ0) is 14.5. The number of rotatable bonds is 5. The first-order valence-corrected chi connectivity index (χ1v) is 8.51. The Morgan fingerprint density at radius 2 is 2.10 bits per heavy atom. The summed E-state index contributed by atoms with van der Waals surface area (Å²) in [6.45, 7) is 3.40. The van der Waals surface area contributed by atoms with Gasteiger partial charge in [-0.1, -0.05) is 41.8 Å². The lowest BCUT2D eigenvalue weighted by Gasteiger charge is -2.36. The average Bonchev–Trinajstić information content (AvgIpc) is 2.44. The predicted molar refractivity (Wildman–Crippen MR) is 86.3 cm³/mol. The van der Waals surface area contributed by atoms with Crippen LogP contribution in [0.2, 0.25) is 0 Å². The fraction of sp³-hybridized carbons (Fsp3) is 0.647. The maximum absolute atomic E-state index is 13.2. The summed E-state index contributed by atoms with van der Waals surface area (Å²) in [7, 11) is 2.04. The maximum atomic E-state index is 13.2. The third kappa shape index (κ3) is 4.05. The number of benzene rings is 1. The van der Waals surface area contributed by atoms with E-state index in [-0.39, 0.29) is 5.82 Å². The van der Waals surface area contributed by atoms with Crippen molar-refractivity contribution in [3.05, 3.63) is 34.1 Å². The lowest BCUT2D eigenvalue weighted by atomic mass is 9.71. The molecule has 0 aliphatic heterocycles. The summed E-state index contributed by atoms with van der Waals surface area (Å²) in [6, 6.07) is 5.10. The second kappa shape index (κ2) is 7.56. The van der Waals surface area contributed by atoms with Crippen LogP contribution in [0.1, 0.15) is 38.2 Å². The molecular weight excluding hydrogens is 317 g/mol. The van der Waals surface area contributed by atoms with Gasteiger partial charge in [-0.05, 0) is 68.3 Å². The van der Waals surface area contributed by atoms with Gasteiger partial charge in [0.15, 0.2) is 0 Å². The highest BCUT2D eigenvalue weighted by Crippen LogP contribution is 2.38. The van der Waals surface area contributed by atoms with E-state index in [0.717, 1.165) is 29.3 Å². The van der Waals surface area contributed by atoms with E-state index < -0.39 is 0 Å². The van der Waals surface area contributed by atoms with E-state index in [2.05, 4.69) is 28.2 Å². The monoisotopic (exact) mass is 341 g/mol. The molecule has 1 aliphatic rings. The van der Waals surface area contributed by atoms with E-state index in [4.69, 9.17) is 0 Å². The molecule has 112 valence electrons. The van der Waals surface area contributed by atoms with Crippen molar-refractivity contribution in [1.82, 2.24) is 5.32 Å². The SMILES string of the molecule is CCC1CCC(CNC)C(Cc2ccc(F)cc2Br)C1. The summed E-state index contributed by atoms with van der Waals surface area (Å²) in [5, 5.41) is 3.34. The summed E-state index contributed by atoms with van der Waals surface area (Å²) in [5.41, 5.74) is 1.24. The van der Waals surface area contributed by atoms with E-state index in [1.165, 1.54) is 31.2 Å². The lowest BCUT2D eigenvalue weighted by molar-refractivity contribution is 0.173. The van der Waals surface area contributed by atoms with Crippen molar-refractivity contribution in [3.8, 4) is 0 Å². The molecule has 1 aromatic carbocycles. The van der Waals surface area contributed by atoms with Gasteiger partial charge in [-0.3, -0.25) is 0 Å². The first-order valence-electron chi connectivity index (χ1n) is 7.72. The summed E-state index contributed by atoms with van der Waals surface area (Å²) < 4.78 is 14.1. The van der Waals surface area contributed by atoms with Gasteiger partial charge in [-0.15, -0.1) is 0 Å². The Morgan fingerprint density at radius 3 is 2.75 bits per heavy atom. The van der Waals surface area contributed by atoms with E-state index in [0.29, 0.717) is 5.92 Å². The summed E-state index contributed by atoms with van der Waals surface area (Å²) in [5.74, 6) is 2.16. The molecule has 1 saturated carbocycles. The van der Waals surface area contributed by atoms with Gasteiger partial charge in [0.25, 0.3) is 0 Å². The minimum Gasteiger partial charge on any atom is -0.319 e. The van der Waals surface area contributed by atoms with Crippen LogP contribution < -0.4 is 5.32 Å². The zero-order valence-electron chi connectivity index (χ0n) is 12.5. The van der Waals surface area contributed by atoms with Crippen molar-refractivity contribution in [2.45, 2.75) is 39.0 Å². The van der Waals surface area contributed by atoms with E-state index in [1.807, 2.05) is 13.1 Å². The molecule has 1 nitrogen and oxygen atoms in total. The van der Waals surface area contributed by atoms with Crippen LogP contribution in [-0.4, -0.2) is 13.6 Å². The van der Waals surface area contributed by atoms with Gasteiger partial charge in [0.05, 0.1) is 0 Å². The zero-order valence-corrected chi connectivity index (χ0v) is 14.0. The number of hydrogen-bond donors (Lipinski definition) is 1. The smallest absolute Gasteiger partial charge is 0.124 e. The Hall–Kier alpha value is -0.410. The van der Waals surface area contributed by atoms with E-state index >= 15 is 0 Å². The quantitative estimate of drug-likeness (QED) is 0.811. The molecule has 0 radical (unpaired) electrons. The minimum atomic E-state index is -0.164. The molecule has 1 fully saturated rings. The number of nitrogens with one attached hydrogen (secondary N) is 1. The van der Waals surface area contributed by atoms with Gasteiger partial charge in [-0.2, -0.15) is 0 Å². The molecule has 3 unspecified atom stereocenters. The van der Waals surface area contributed by atoms with E-state index in [9.17, 15) is 4.39 Å². The van der Waals surface area contributed by atoms with Gasteiger partial charge < -0.3 is 5.32 Å². The van der Waals surface area contributed by atoms with Gasteiger partial charge in [0, 0.05) is 4.47 Å². The van der Waals surface area contributed by atoms with Crippen LogP contribution >= 0.6 is 15.9 Å². The Labute approximate surface area is 130 Å². The Kier molecular flexibility index (Phi) is 6.03. The minimum absolute atomic E-state index is 0.164. The summed E-state index contributed by atoms with van der Waals surface area (Å²) >= 11 is 3.51. The van der Waals surface area contributed by atoms with Crippen molar-refractivity contribution in [2.24, 2.45) is 17.8 Å². The molecule has 1 N–H and O–H groups in total. The average molecular weight is 342 g/mol. The Morgan fingerprint density at radius 1 is 1.30 bits per heavy atom. The van der Waals surface area contributed by atoms with Crippen molar-refractivity contribution >= 4 is 15.9 Å². The molecule has 0 aromatic heterocycles. The highest BCUT2D eigenvalue weighted by atomic mass is 79.9. The number of halogens is 2. The van der Waals surface area contributed by atoms with Crippen molar-refractivity contribution in [3.63, 3.8) is 0 Å². The van der Waals surface area contributed by atoms with Crippen molar-refractivity contribution in [2.75, 3.05) is 13.6 Å². The summed E-state index contributed by atoms with van der Waals surface area (Å²) in [4.78, 5) is 0. The fourth-order valence-electron chi connectivity index (χ4n) is 3.55. The van der Waals surface area contributed by atoms with Crippen LogP contribution in [0.15, 0.2) is 22.7 Å². The third-order valence-electron chi connectivity index (χ3n) is 4.79. The van der Waals surface area contributed by atoms with Gasteiger partial charge >= 0.3 is 0 Å². The highest BCUT2D eigenvalue weighted by molar-refractivity contribution is 9.10. The molecule has 20 heavy (non-hydrogen) atoms. The van der Waals surface area contributed by atoms with Crippen LogP contribution in [0.5, 0.6) is 0 Å². The maximum Gasteiger partial charge on any atom is 0.124 e. The largest absolute Gasteiger partial charge is 0.319 e. The van der Waals surface area contributed by atoms with Gasteiger partial charge in [0.2, 0.25) is 0 Å². The van der Waals surface area contributed by atoms with Crippen LogP contribution in [0, 0.1) is 23.6 Å². The second-order valence-corrected chi connectivity index (χ2v) is 6.96. The van der Waals surface area contributed by atoms with E-state index in [1.54, 1.807) is 12.1 Å². The molecule has 0 amide bonds. The van der Waals surface area contributed by atoms with Gasteiger partial charge in [0.1, 0.15) is 5.82 Å².